The molecule has 3 N–H and O–H groups in total. The van der Waals surface area contributed by atoms with Gasteiger partial charge in [0.1, 0.15) is 29.8 Å². The maximum atomic E-state index is 14.3. The number of hydrogen-bond donors (Lipinski definition) is 3. The Morgan fingerprint density at radius 1 is 0.896 bits per heavy atom. The molecule has 48 heavy (non-hydrogen) atoms. The Hall–Kier alpha value is -4.03. The van der Waals surface area contributed by atoms with Crippen LogP contribution in [0.1, 0.15) is 56.4 Å². The number of hydrogen-bond acceptors (Lipinski definition) is 16. The predicted molar refractivity (Wildman–Crippen MR) is 157 cm³/mol. The third kappa shape index (κ3) is 4.44. The Labute approximate surface area is 274 Å². The van der Waals surface area contributed by atoms with Crippen LogP contribution in [0.15, 0.2) is 29.2 Å². The van der Waals surface area contributed by atoms with E-state index in [1.165, 1.54) is 28.3 Å². The summed E-state index contributed by atoms with van der Waals surface area (Å²) in [6.07, 6.45) is -5.93. The molecule has 4 aliphatic rings. The van der Waals surface area contributed by atoms with E-state index in [2.05, 4.69) is 0 Å². The lowest BCUT2D eigenvalue weighted by molar-refractivity contribution is -0.295. The van der Waals surface area contributed by atoms with Crippen molar-refractivity contribution >= 4 is 29.1 Å². The third-order valence-corrected chi connectivity index (χ3v) is 9.59. The van der Waals surface area contributed by atoms with E-state index >= 15 is 0 Å². The molecule has 0 bridgehead atoms. The van der Waals surface area contributed by atoms with E-state index in [9.17, 15) is 39.3 Å². The summed E-state index contributed by atoms with van der Waals surface area (Å²) in [4.78, 5) is 69.1. The third-order valence-electron chi connectivity index (χ3n) is 9.59. The number of carbonyl (C=O) groups is 5. The van der Waals surface area contributed by atoms with Crippen molar-refractivity contribution in [1.29, 1.82) is 0 Å². The second-order valence-corrected chi connectivity index (χ2v) is 11.7. The van der Waals surface area contributed by atoms with Gasteiger partial charge in [-0.05, 0) is 13.0 Å². The van der Waals surface area contributed by atoms with Crippen LogP contribution in [0.4, 0.5) is 0 Å². The van der Waals surface area contributed by atoms with Crippen LogP contribution >= 0.6 is 0 Å². The molecule has 1 aromatic carbocycles. The lowest BCUT2D eigenvalue weighted by Crippen LogP contribution is -2.77. The molecule has 260 valence electrons. The van der Waals surface area contributed by atoms with Crippen LogP contribution in [0, 0.1) is 0 Å². The van der Waals surface area contributed by atoms with Gasteiger partial charge in [-0.15, -0.1) is 0 Å². The van der Waals surface area contributed by atoms with Crippen molar-refractivity contribution in [3.8, 4) is 5.75 Å². The summed E-state index contributed by atoms with van der Waals surface area (Å²) in [5.41, 5.74) is -8.85. The Balaban J connectivity index is 1.71. The van der Waals surface area contributed by atoms with Gasteiger partial charge in [-0.25, -0.2) is 4.79 Å². The Bertz CT molecular complexity index is 1660. The van der Waals surface area contributed by atoms with Crippen molar-refractivity contribution < 1.29 is 77.2 Å². The quantitative estimate of drug-likeness (QED) is 0.242. The van der Waals surface area contributed by atoms with Crippen molar-refractivity contribution in [2.75, 3.05) is 42.7 Å². The molecule has 1 saturated heterocycles. The van der Waals surface area contributed by atoms with E-state index in [1.807, 2.05) is 0 Å². The summed E-state index contributed by atoms with van der Waals surface area (Å²) >= 11 is 0. The molecule has 5 rings (SSSR count). The van der Waals surface area contributed by atoms with E-state index in [1.54, 1.807) is 6.92 Å². The minimum Gasteiger partial charge on any atom is -0.507 e. The van der Waals surface area contributed by atoms with Crippen LogP contribution in [0.5, 0.6) is 5.75 Å². The van der Waals surface area contributed by atoms with Gasteiger partial charge in [0.15, 0.2) is 11.9 Å². The number of ketones is 4. The van der Waals surface area contributed by atoms with Gasteiger partial charge >= 0.3 is 5.97 Å². The number of aliphatic hydroxyl groups is 2. The van der Waals surface area contributed by atoms with Gasteiger partial charge in [-0.1, -0.05) is 6.92 Å². The minimum atomic E-state index is -3.27. The highest BCUT2D eigenvalue weighted by molar-refractivity contribution is 6.34. The topological polar surface area (TPSA) is 220 Å². The number of Topliss-reactive ketones (excluding diaryl/α,β-unsaturated/α-hetero) is 3. The van der Waals surface area contributed by atoms with E-state index in [-0.39, 0.29) is 11.1 Å². The number of phenolic OH excluding ortho intramolecular Hbond substituents is 1. The lowest BCUT2D eigenvalue weighted by Gasteiger charge is -2.49. The van der Waals surface area contributed by atoms with Crippen LogP contribution in [0.25, 0.3) is 0 Å². The van der Waals surface area contributed by atoms with Gasteiger partial charge in [0, 0.05) is 57.1 Å². The average Bonchev–Trinajstić information content (AvgIpc) is 3.06. The number of allylic oxidation sites excluding steroid dienone is 1. The molecule has 1 heterocycles. The molecule has 0 radical (unpaired) electrons. The molecule has 1 fully saturated rings. The Morgan fingerprint density at radius 3 is 2.06 bits per heavy atom. The fourth-order valence-corrected chi connectivity index (χ4v) is 7.19. The van der Waals surface area contributed by atoms with E-state index in [0.29, 0.717) is 6.08 Å². The van der Waals surface area contributed by atoms with Crippen LogP contribution in [0.2, 0.25) is 0 Å². The monoisotopic (exact) mass is 676 g/mol. The van der Waals surface area contributed by atoms with Crippen LogP contribution in [0.3, 0.4) is 0 Å². The first-order valence-corrected chi connectivity index (χ1v) is 14.7. The highest BCUT2D eigenvalue weighted by Gasteiger charge is 2.74. The molecule has 1 aromatic rings. The van der Waals surface area contributed by atoms with E-state index in [0.717, 1.165) is 27.4 Å². The minimum absolute atomic E-state index is 0.281. The van der Waals surface area contributed by atoms with E-state index in [4.69, 9.17) is 37.9 Å². The smallest absolute Gasteiger partial charge is 0.338 e. The molecule has 9 atom stereocenters. The number of methoxy groups -OCH3 is 6. The number of rotatable bonds is 8. The summed E-state index contributed by atoms with van der Waals surface area (Å²) in [5, 5.41) is 34.5. The predicted octanol–water partition coefficient (Wildman–Crippen LogP) is -0.105. The molecule has 0 amide bonds. The van der Waals surface area contributed by atoms with Crippen molar-refractivity contribution in [2.45, 2.75) is 67.8 Å². The second kappa shape index (κ2) is 12.5. The van der Waals surface area contributed by atoms with E-state index < -0.39 is 117 Å². The van der Waals surface area contributed by atoms with Gasteiger partial charge in [0.25, 0.3) is 0 Å². The van der Waals surface area contributed by atoms with Crippen LogP contribution in [-0.2, 0) is 47.5 Å². The van der Waals surface area contributed by atoms with Crippen LogP contribution in [-0.4, -0.2) is 135 Å². The molecule has 1 aliphatic heterocycles. The van der Waals surface area contributed by atoms with Crippen molar-refractivity contribution in [3.63, 3.8) is 0 Å². The fourth-order valence-electron chi connectivity index (χ4n) is 7.19. The van der Waals surface area contributed by atoms with Gasteiger partial charge < -0.3 is 53.2 Å². The van der Waals surface area contributed by atoms with Crippen LogP contribution < -0.4 is 0 Å². The first-order valence-electron chi connectivity index (χ1n) is 14.7. The summed E-state index contributed by atoms with van der Waals surface area (Å²) in [6.45, 7) is 3.08. The second-order valence-electron chi connectivity index (χ2n) is 11.7. The van der Waals surface area contributed by atoms with Gasteiger partial charge in [0.2, 0.25) is 40.6 Å². The maximum Gasteiger partial charge on any atom is 0.338 e. The summed E-state index contributed by atoms with van der Waals surface area (Å²) in [5.74, 6) is -9.41. The van der Waals surface area contributed by atoms with Gasteiger partial charge in [0.05, 0.1) is 31.5 Å². The maximum absolute atomic E-state index is 14.3. The summed E-state index contributed by atoms with van der Waals surface area (Å²) < 4.78 is 43.9. The lowest BCUT2D eigenvalue weighted by atomic mass is 9.59. The van der Waals surface area contributed by atoms with Crippen molar-refractivity contribution in [2.24, 2.45) is 0 Å². The molecule has 0 aromatic heterocycles. The number of ether oxygens (including phenoxy) is 8. The van der Waals surface area contributed by atoms with Gasteiger partial charge in [-0.3, -0.25) is 19.2 Å². The number of esters is 1. The number of carbonyl (C=O) groups excluding carboxylic acids is 5. The first kappa shape index (κ1) is 35.3. The summed E-state index contributed by atoms with van der Waals surface area (Å²) in [7, 11) is 7.21. The zero-order chi connectivity index (χ0) is 35.6. The Kier molecular flexibility index (Phi) is 9.15. The number of fused-ring (bicyclic) bond motifs is 3. The largest absolute Gasteiger partial charge is 0.507 e. The van der Waals surface area contributed by atoms with Crippen molar-refractivity contribution in [1.82, 2.24) is 0 Å². The summed E-state index contributed by atoms with van der Waals surface area (Å²) in [6, 6.07) is 0.914. The number of benzene rings is 1. The molecule has 16 heteroatoms. The molecular formula is C32H36O16. The molecular weight excluding hydrogens is 640 g/mol. The SMILES string of the molecule is COC(=O)C1=C(O[C@@H]2O[C@@H](C)[C@H](OC)[C@@H](OC)[C@H]2OC)C(=O)c2cc3c(c(O)c2C1C)C(=O)[C@]1(OC)C(=O)C=C(OC)[C@@H](O)[C@]1(O)C3=O. The zero-order valence-electron chi connectivity index (χ0n) is 27.3. The highest BCUT2D eigenvalue weighted by Crippen LogP contribution is 2.52. The number of aliphatic hydroxyl groups excluding tert-OH is 1. The number of phenols is 1. The molecule has 0 spiro atoms. The molecule has 1 unspecified atom stereocenters. The number of aromatic hydroxyl groups is 1. The Morgan fingerprint density at radius 2 is 1.52 bits per heavy atom. The standard InChI is InChI=1S/C32H36O16/c1-11-17-13(20(34)23(18(11)29(39)45-7)48-30-25(44-6)24(43-5)22(42-4)12(2)47-30)9-14-19(21(17)35)28(38)32(46-8)16(33)10-15(41-3)27(37)31(32,40)26(14)36/h9-12,22,24-25,27,30,35,37,40H,1-8H3/t11?,12-,22-,24+,25+,27+,30-,31+,32+/m0/s1. The molecule has 16 nitrogen and oxygen atoms in total. The average molecular weight is 677 g/mol. The molecule has 3 aliphatic carbocycles. The van der Waals surface area contributed by atoms with Crippen molar-refractivity contribution in [3.05, 3.63) is 51.5 Å². The first-order chi connectivity index (χ1) is 22.7. The van der Waals surface area contributed by atoms with Gasteiger partial charge in [-0.2, -0.15) is 0 Å². The molecule has 0 saturated carbocycles. The highest BCUT2D eigenvalue weighted by atomic mass is 16.7. The normalized spacial score (nSPS) is 34.6. The fraction of sp³-hybridized carbons (Fsp3) is 0.531. The zero-order valence-corrected chi connectivity index (χ0v) is 27.3.